The lowest BCUT2D eigenvalue weighted by molar-refractivity contribution is 0.248. The average molecular weight is 363 g/mol. The van der Waals surface area contributed by atoms with Gasteiger partial charge in [0.25, 0.3) is 5.95 Å². The molecule has 26 heavy (non-hydrogen) atoms. The van der Waals surface area contributed by atoms with Crippen LogP contribution in [0.1, 0.15) is 18.8 Å². The monoisotopic (exact) mass is 363 g/mol. The highest BCUT2D eigenvalue weighted by Crippen LogP contribution is 2.19. The Balaban J connectivity index is 1.73. The fourth-order valence-corrected chi connectivity index (χ4v) is 2.14. The highest BCUT2D eigenvalue weighted by atomic mass is 19.2. The number of amides is 2. The van der Waals surface area contributed by atoms with Crippen LogP contribution in [0.15, 0.2) is 36.9 Å². The van der Waals surface area contributed by atoms with Gasteiger partial charge in [0.05, 0.1) is 11.7 Å². The van der Waals surface area contributed by atoms with Crippen LogP contribution in [0.4, 0.5) is 23.7 Å². The van der Waals surface area contributed by atoms with Crippen molar-refractivity contribution in [1.82, 2.24) is 30.0 Å². The van der Waals surface area contributed by atoms with Crippen molar-refractivity contribution < 1.29 is 18.0 Å². The second kappa shape index (κ2) is 7.17. The number of carbonyl (C=O) groups excluding carboxylic acids is 1. The van der Waals surface area contributed by atoms with E-state index in [1.54, 1.807) is 13.0 Å². The van der Waals surface area contributed by atoms with Crippen LogP contribution in [0.2, 0.25) is 0 Å². The molecular weight excluding hydrogens is 351 g/mol. The molecule has 2 amide bonds. The van der Waals surface area contributed by atoms with Crippen LogP contribution in [-0.4, -0.2) is 30.8 Å². The standard InChI is InChI=1S/C15H12F3N7O/c1-8(13-21-7-22-25(13)14-19-3-2-4-20-14)23-15(26)24-12-6-10(17)9(16)5-11(12)18/h2-8H,1H3,(H2,23,24,26). The minimum Gasteiger partial charge on any atom is -0.328 e. The fourth-order valence-electron chi connectivity index (χ4n) is 2.14. The molecule has 3 aromatic rings. The summed E-state index contributed by atoms with van der Waals surface area (Å²) in [6, 6.07) is 1.01. The number of rotatable bonds is 4. The van der Waals surface area contributed by atoms with Gasteiger partial charge < -0.3 is 10.6 Å². The summed E-state index contributed by atoms with van der Waals surface area (Å²) in [6.07, 6.45) is 4.30. The second-order valence-corrected chi connectivity index (χ2v) is 5.15. The third-order valence-electron chi connectivity index (χ3n) is 3.31. The average Bonchev–Trinajstić information content (AvgIpc) is 3.10. The molecule has 1 aromatic carbocycles. The van der Waals surface area contributed by atoms with Gasteiger partial charge in [-0.25, -0.2) is 32.9 Å². The number of hydrogen-bond acceptors (Lipinski definition) is 5. The number of nitrogens with zero attached hydrogens (tertiary/aromatic N) is 5. The molecule has 0 bridgehead atoms. The minimum absolute atomic E-state index is 0.251. The van der Waals surface area contributed by atoms with Crippen LogP contribution in [0.3, 0.4) is 0 Å². The first-order chi connectivity index (χ1) is 12.5. The van der Waals surface area contributed by atoms with Crippen LogP contribution < -0.4 is 10.6 Å². The van der Waals surface area contributed by atoms with Gasteiger partial charge in [-0.15, -0.1) is 0 Å². The number of hydrogen-bond donors (Lipinski definition) is 2. The number of aromatic nitrogens is 5. The van der Waals surface area contributed by atoms with E-state index < -0.39 is 35.2 Å². The molecule has 3 rings (SSSR count). The summed E-state index contributed by atoms with van der Waals surface area (Å²) in [4.78, 5) is 24.1. The van der Waals surface area contributed by atoms with Gasteiger partial charge in [0, 0.05) is 24.5 Å². The molecule has 2 aromatic heterocycles. The Bertz CT molecular complexity index is 932. The smallest absolute Gasteiger partial charge is 0.319 e. The molecule has 0 aliphatic heterocycles. The van der Waals surface area contributed by atoms with Crippen molar-refractivity contribution in [2.24, 2.45) is 0 Å². The predicted octanol–water partition coefficient (Wildman–Crippen LogP) is 2.36. The molecule has 0 radical (unpaired) electrons. The molecule has 2 N–H and O–H groups in total. The fraction of sp³-hybridized carbons (Fsp3) is 0.133. The molecule has 0 spiro atoms. The zero-order valence-electron chi connectivity index (χ0n) is 13.3. The summed E-state index contributed by atoms with van der Waals surface area (Å²) in [5.41, 5.74) is -0.499. The number of nitrogens with one attached hydrogen (secondary N) is 2. The van der Waals surface area contributed by atoms with Crippen LogP contribution in [0, 0.1) is 17.5 Å². The van der Waals surface area contributed by atoms with Crippen LogP contribution >= 0.6 is 0 Å². The maximum atomic E-state index is 13.6. The summed E-state index contributed by atoms with van der Waals surface area (Å²) in [6.45, 7) is 1.60. The zero-order chi connectivity index (χ0) is 18.7. The lowest BCUT2D eigenvalue weighted by Crippen LogP contribution is -2.33. The summed E-state index contributed by atoms with van der Waals surface area (Å²) in [5.74, 6) is -3.17. The van der Waals surface area contributed by atoms with Crippen LogP contribution in [0.5, 0.6) is 0 Å². The molecule has 0 aliphatic carbocycles. The van der Waals surface area contributed by atoms with Gasteiger partial charge >= 0.3 is 6.03 Å². The number of halogens is 3. The Morgan fingerprint density at radius 2 is 1.77 bits per heavy atom. The number of carbonyl (C=O) groups is 1. The van der Waals surface area contributed by atoms with E-state index in [1.165, 1.54) is 23.4 Å². The van der Waals surface area contributed by atoms with Gasteiger partial charge in [0.1, 0.15) is 12.1 Å². The molecule has 0 saturated carbocycles. The Morgan fingerprint density at radius 3 is 2.50 bits per heavy atom. The van der Waals surface area contributed by atoms with E-state index in [9.17, 15) is 18.0 Å². The lowest BCUT2D eigenvalue weighted by atomic mass is 10.3. The van der Waals surface area contributed by atoms with Gasteiger partial charge in [0.2, 0.25) is 0 Å². The highest BCUT2D eigenvalue weighted by Gasteiger charge is 2.19. The molecule has 11 heteroatoms. The van der Waals surface area contributed by atoms with E-state index >= 15 is 0 Å². The van der Waals surface area contributed by atoms with E-state index in [1.807, 2.05) is 0 Å². The summed E-state index contributed by atoms with van der Waals surface area (Å²) in [7, 11) is 0. The van der Waals surface area contributed by atoms with Crippen molar-refractivity contribution in [2.75, 3.05) is 5.32 Å². The first-order valence-corrected chi connectivity index (χ1v) is 7.35. The van der Waals surface area contributed by atoms with Crippen molar-refractivity contribution in [3.8, 4) is 5.95 Å². The molecular formula is C15H12F3N7O. The first kappa shape index (κ1) is 17.3. The minimum atomic E-state index is -1.35. The quantitative estimate of drug-likeness (QED) is 0.694. The van der Waals surface area contributed by atoms with Crippen LogP contribution in [-0.2, 0) is 0 Å². The largest absolute Gasteiger partial charge is 0.328 e. The molecule has 0 saturated heterocycles. The molecule has 1 atom stereocenters. The highest BCUT2D eigenvalue weighted by molar-refractivity contribution is 5.89. The molecule has 8 nitrogen and oxygen atoms in total. The number of anilines is 1. The Hall–Kier alpha value is -3.50. The molecule has 0 aliphatic rings. The molecule has 1 unspecified atom stereocenters. The predicted molar refractivity (Wildman–Crippen MR) is 83.8 cm³/mol. The maximum Gasteiger partial charge on any atom is 0.319 e. The first-order valence-electron chi connectivity index (χ1n) is 7.35. The van der Waals surface area contributed by atoms with Gasteiger partial charge in [0.15, 0.2) is 17.5 Å². The van der Waals surface area contributed by atoms with Gasteiger partial charge in [-0.1, -0.05) is 0 Å². The Morgan fingerprint density at radius 1 is 1.08 bits per heavy atom. The maximum absolute atomic E-state index is 13.6. The summed E-state index contributed by atoms with van der Waals surface area (Å²) in [5, 5.41) is 8.59. The van der Waals surface area contributed by atoms with Crippen molar-refractivity contribution >= 4 is 11.7 Å². The van der Waals surface area contributed by atoms with Gasteiger partial charge in [-0.3, -0.25) is 0 Å². The third-order valence-corrected chi connectivity index (χ3v) is 3.31. The van der Waals surface area contributed by atoms with Crippen molar-refractivity contribution in [3.05, 3.63) is 60.2 Å². The van der Waals surface area contributed by atoms with Crippen molar-refractivity contribution in [1.29, 1.82) is 0 Å². The van der Waals surface area contributed by atoms with E-state index in [-0.39, 0.29) is 5.95 Å². The number of benzene rings is 1. The van der Waals surface area contributed by atoms with E-state index in [0.29, 0.717) is 18.0 Å². The second-order valence-electron chi connectivity index (χ2n) is 5.15. The van der Waals surface area contributed by atoms with Gasteiger partial charge in [-0.2, -0.15) is 9.78 Å². The van der Waals surface area contributed by atoms with Crippen molar-refractivity contribution in [3.63, 3.8) is 0 Å². The third kappa shape index (κ3) is 3.61. The van der Waals surface area contributed by atoms with Crippen molar-refractivity contribution in [2.45, 2.75) is 13.0 Å². The molecule has 0 fully saturated rings. The van der Waals surface area contributed by atoms with Gasteiger partial charge in [-0.05, 0) is 13.0 Å². The summed E-state index contributed by atoms with van der Waals surface area (Å²) < 4.78 is 41.0. The Labute approximate surface area is 145 Å². The molecule has 134 valence electrons. The Kier molecular flexibility index (Phi) is 4.78. The SMILES string of the molecule is CC(NC(=O)Nc1cc(F)c(F)cc1F)c1ncnn1-c1ncccn1. The van der Waals surface area contributed by atoms with E-state index in [2.05, 4.69) is 30.7 Å². The van der Waals surface area contributed by atoms with E-state index in [0.717, 1.165) is 0 Å². The van der Waals surface area contributed by atoms with Crippen LogP contribution in [0.25, 0.3) is 5.95 Å². The lowest BCUT2D eigenvalue weighted by Gasteiger charge is -2.15. The normalized spacial score (nSPS) is 11.8. The zero-order valence-corrected chi connectivity index (χ0v) is 13.3. The topological polar surface area (TPSA) is 97.6 Å². The van der Waals surface area contributed by atoms with E-state index in [4.69, 9.17) is 0 Å². The summed E-state index contributed by atoms with van der Waals surface area (Å²) >= 11 is 0. The molecule has 2 heterocycles. The number of urea groups is 1.